The van der Waals surface area contributed by atoms with Gasteiger partial charge in [-0.3, -0.25) is 4.79 Å². The Morgan fingerprint density at radius 1 is 1.10 bits per heavy atom. The molecule has 1 saturated heterocycles. The van der Waals surface area contributed by atoms with Gasteiger partial charge in [0.05, 0.1) is 0 Å². The molecule has 2 atom stereocenters. The fourth-order valence-electron chi connectivity index (χ4n) is 3.47. The van der Waals surface area contributed by atoms with Crippen LogP contribution in [0.2, 0.25) is 0 Å². The SMILES string of the molecule is O=C(OCc1cc(-c2cc3ccccc3o2)on1)C1CC(c2ccc(F)cc2)NN1. The van der Waals surface area contributed by atoms with Gasteiger partial charge in [-0.05, 0) is 36.2 Å². The molecule has 1 aliphatic heterocycles. The molecule has 152 valence electrons. The van der Waals surface area contributed by atoms with Crippen LogP contribution in [0.15, 0.2) is 69.6 Å². The first kappa shape index (κ1) is 18.5. The van der Waals surface area contributed by atoms with Gasteiger partial charge in [0.1, 0.15) is 29.7 Å². The number of hydrogen-bond donors (Lipinski definition) is 2. The van der Waals surface area contributed by atoms with Gasteiger partial charge in [-0.1, -0.05) is 35.5 Å². The Kier molecular flexibility index (Phi) is 4.78. The van der Waals surface area contributed by atoms with Gasteiger partial charge in [-0.15, -0.1) is 0 Å². The Morgan fingerprint density at radius 2 is 1.93 bits per heavy atom. The van der Waals surface area contributed by atoms with Gasteiger partial charge in [-0.2, -0.15) is 0 Å². The summed E-state index contributed by atoms with van der Waals surface area (Å²) in [5, 5.41) is 4.91. The van der Waals surface area contributed by atoms with Gasteiger partial charge in [0.15, 0.2) is 5.76 Å². The van der Waals surface area contributed by atoms with Crippen molar-refractivity contribution in [2.75, 3.05) is 0 Å². The van der Waals surface area contributed by atoms with Crippen LogP contribution in [0.25, 0.3) is 22.5 Å². The monoisotopic (exact) mass is 407 g/mol. The van der Waals surface area contributed by atoms with Crippen LogP contribution in [-0.2, 0) is 16.1 Å². The number of nitrogens with zero attached hydrogens (tertiary/aromatic N) is 1. The van der Waals surface area contributed by atoms with E-state index in [0.29, 0.717) is 23.6 Å². The highest BCUT2D eigenvalue weighted by atomic mass is 19.1. The van der Waals surface area contributed by atoms with E-state index in [9.17, 15) is 9.18 Å². The van der Waals surface area contributed by atoms with E-state index in [2.05, 4.69) is 16.0 Å². The summed E-state index contributed by atoms with van der Waals surface area (Å²) in [6.07, 6.45) is 0.494. The third-order valence-corrected chi connectivity index (χ3v) is 5.05. The first-order valence-electron chi connectivity index (χ1n) is 9.53. The number of carbonyl (C=O) groups excluding carboxylic acids is 1. The predicted octanol–water partition coefficient (Wildman–Crippen LogP) is 3.88. The third kappa shape index (κ3) is 3.70. The quantitative estimate of drug-likeness (QED) is 0.485. The lowest BCUT2D eigenvalue weighted by Gasteiger charge is -2.09. The van der Waals surface area contributed by atoms with Gasteiger partial charge in [-0.25, -0.2) is 15.2 Å². The Balaban J connectivity index is 1.18. The second-order valence-corrected chi connectivity index (χ2v) is 7.12. The van der Waals surface area contributed by atoms with Crippen molar-refractivity contribution in [1.29, 1.82) is 0 Å². The van der Waals surface area contributed by atoms with E-state index < -0.39 is 12.0 Å². The van der Waals surface area contributed by atoms with Gasteiger partial charge in [0.2, 0.25) is 5.76 Å². The number of carbonyl (C=O) groups is 1. The number of hydrazine groups is 1. The van der Waals surface area contributed by atoms with Crippen molar-refractivity contribution in [3.05, 3.63) is 77.7 Å². The lowest BCUT2D eigenvalue weighted by Crippen LogP contribution is -2.37. The molecule has 4 aromatic rings. The van der Waals surface area contributed by atoms with E-state index >= 15 is 0 Å². The molecule has 7 nitrogen and oxygen atoms in total. The number of hydrogen-bond acceptors (Lipinski definition) is 7. The number of rotatable bonds is 5. The standard InChI is InChI=1S/C22H18FN3O4/c23-15-7-5-13(6-8-15)17-11-18(25-24-17)22(27)28-12-16-10-21(30-26-16)20-9-14-3-1-2-4-19(14)29-20/h1-10,17-18,24-25H,11-12H2. The summed E-state index contributed by atoms with van der Waals surface area (Å²) in [5.74, 6) is 0.329. The zero-order valence-corrected chi connectivity index (χ0v) is 15.8. The number of halogens is 1. The zero-order valence-electron chi connectivity index (χ0n) is 15.8. The number of furan rings is 1. The molecule has 2 aromatic heterocycles. The fourth-order valence-corrected chi connectivity index (χ4v) is 3.47. The van der Waals surface area contributed by atoms with Crippen LogP contribution in [-0.4, -0.2) is 17.2 Å². The molecule has 3 heterocycles. The molecule has 1 fully saturated rings. The molecule has 2 unspecified atom stereocenters. The molecule has 2 aromatic carbocycles. The summed E-state index contributed by atoms with van der Waals surface area (Å²) >= 11 is 0. The van der Waals surface area contributed by atoms with Crippen LogP contribution in [0.1, 0.15) is 23.7 Å². The van der Waals surface area contributed by atoms with Crippen LogP contribution in [0.4, 0.5) is 4.39 Å². The van der Waals surface area contributed by atoms with E-state index in [4.69, 9.17) is 13.7 Å². The Morgan fingerprint density at radius 3 is 2.77 bits per heavy atom. The van der Waals surface area contributed by atoms with Crippen molar-refractivity contribution in [2.45, 2.75) is 25.1 Å². The van der Waals surface area contributed by atoms with Crippen molar-refractivity contribution in [3.8, 4) is 11.5 Å². The van der Waals surface area contributed by atoms with Crippen LogP contribution >= 0.6 is 0 Å². The molecule has 0 radical (unpaired) electrons. The maximum Gasteiger partial charge on any atom is 0.324 e. The fraction of sp³-hybridized carbons (Fsp3) is 0.182. The molecular formula is C22H18FN3O4. The maximum absolute atomic E-state index is 13.1. The van der Waals surface area contributed by atoms with Crippen molar-refractivity contribution >= 4 is 16.9 Å². The first-order valence-corrected chi connectivity index (χ1v) is 9.53. The van der Waals surface area contributed by atoms with E-state index in [1.807, 2.05) is 30.3 Å². The van der Waals surface area contributed by atoms with Gasteiger partial charge >= 0.3 is 5.97 Å². The molecule has 0 aliphatic carbocycles. The molecule has 0 saturated carbocycles. The number of nitrogens with one attached hydrogen (secondary N) is 2. The second-order valence-electron chi connectivity index (χ2n) is 7.12. The lowest BCUT2D eigenvalue weighted by atomic mass is 10.0. The maximum atomic E-state index is 13.1. The van der Waals surface area contributed by atoms with Crippen LogP contribution in [0.5, 0.6) is 0 Å². The number of benzene rings is 2. The number of ether oxygens (including phenoxy) is 1. The number of aromatic nitrogens is 1. The first-order chi connectivity index (χ1) is 14.7. The normalized spacial score (nSPS) is 18.7. The summed E-state index contributed by atoms with van der Waals surface area (Å²) in [5.41, 5.74) is 8.10. The smallest absolute Gasteiger partial charge is 0.324 e. The largest absolute Gasteiger partial charge is 0.458 e. The average Bonchev–Trinajstić information content (AvgIpc) is 3.51. The Hall–Kier alpha value is -3.49. The minimum atomic E-state index is -0.512. The highest BCUT2D eigenvalue weighted by molar-refractivity contribution is 5.81. The van der Waals surface area contributed by atoms with Crippen molar-refractivity contribution in [2.24, 2.45) is 0 Å². The number of para-hydroxylation sites is 1. The summed E-state index contributed by atoms with van der Waals surface area (Å²) in [7, 11) is 0. The Labute approximate surface area is 170 Å². The molecule has 2 N–H and O–H groups in total. The van der Waals surface area contributed by atoms with E-state index in [-0.39, 0.29) is 18.5 Å². The predicted molar refractivity (Wildman–Crippen MR) is 105 cm³/mol. The van der Waals surface area contributed by atoms with Gasteiger partial charge < -0.3 is 13.7 Å². The number of fused-ring (bicyclic) bond motifs is 1. The average molecular weight is 407 g/mol. The van der Waals surface area contributed by atoms with Crippen LogP contribution < -0.4 is 10.9 Å². The molecule has 0 spiro atoms. The molecular weight excluding hydrogens is 389 g/mol. The summed E-state index contributed by atoms with van der Waals surface area (Å²) in [6, 6.07) is 16.8. The summed E-state index contributed by atoms with van der Waals surface area (Å²) in [6.45, 7) is -0.0119. The van der Waals surface area contributed by atoms with E-state index in [0.717, 1.165) is 16.5 Å². The summed E-state index contributed by atoms with van der Waals surface area (Å²) < 4.78 is 29.5. The lowest BCUT2D eigenvalue weighted by molar-refractivity contribution is -0.147. The second kappa shape index (κ2) is 7.74. The molecule has 0 bridgehead atoms. The molecule has 1 aliphatic rings. The molecule has 8 heteroatoms. The van der Waals surface area contributed by atoms with Crippen molar-refractivity contribution in [3.63, 3.8) is 0 Å². The topological polar surface area (TPSA) is 89.5 Å². The molecule has 30 heavy (non-hydrogen) atoms. The van der Waals surface area contributed by atoms with Crippen molar-refractivity contribution in [1.82, 2.24) is 16.0 Å². The highest BCUT2D eigenvalue weighted by Crippen LogP contribution is 2.28. The van der Waals surface area contributed by atoms with Crippen molar-refractivity contribution < 1.29 is 22.9 Å². The van der Waals surface area contributed by atoms with E-state index in [1.165, 1.54) is 12.1 Å². The zero-order chi connectivity index (χ0) is 20.5. The van der Waals surface area contributed by atoms with E-state index in [1.54, 1.807) is 18.2 Å². The number of esters is 1. The summed E-state index contributed by atoms with van der Waals surface area (Å²) in [4.78, 5) is 12.4. The highest BCUT2D eigenvalue weighted by Gasteiger charge is 2.31. The van der Waals surface area contributed by atoms with Gasteiger partial charge in [0, 0.05) is 17.5 Å². The van der Waals surface area contributed by atoms with Crippen LogP contribution in [0, 0.1) is 5.82 Å². The van der Waals surface area contributed by atoms with Crippen LogP contribution in [0.3, 0.4) is 0 Å². The molecule has 0 amide bonds. The third-order valence-electron chi connectivity index (χ3n) is 5.05. The Bertz CT molecular complexity index is 1150. The minimum absolute atomic E-state index is 0.0119. The molecule has 5 rings (SSSR count). The van der Waals surface area contributed by atoms with Gasteiger partial charge in [0.25, 0.3) is 0 Å². The minimum Gasteiger partial charge on any atom is -0.458 e.